The summed E-state index contributed by atoms with van der Waals surface area (Å²) >= 11 is 6.18. The average molecular weight is 499 g/mol. The monoisotopic (exact) mass is 498 g/mol. The van der Waals surface area contributed by atoms with E-state index in [1.807, 2.05) is 12.1 Å². The van der Waals surface area contributed by atoms with Gasteiger partial charge in [-0.25, -0.2) is 9.78 Å². The second-order valence-corrected chi connectivity index (χ2v) is 7.41. The number of nitrogens with one attached hydrogen (secondary N) is 1. The minimum atomic E-state index is -5.08. The van der Waals surface area contributed by atoms with Crippen LogP contribution < -0.4 is 10.2 Å². The molecule has 180 valence electrons. The number of nitrogens with zero attached hydrogens (tertiary/aromatic N) is 3. The number of non-ortho nitro benzene ring substituents is 1. The molecule has 1 aliphatic heterocycles. The van der Waals surface area contributed by atoms with Crippen LogP contribution in [0.4, 0.5) is 35.9 Å². The molecule has 1 fully saturated rings. The van der Waals surface area contributed by atoms with Crippen LogP contribution >= 0.6 is 11.6 Å². The van der Waals surface area contributed by atoms with Crippen LogP contribution in [-0.4, -0.2) is 53.5 Å². The second kappa shape index (κ2) is 10.5. The summed E-state index contributed by atoms with van der Waals surface area (Å²) in [5, 5.41) is 22.6. The van der Waals surface area contributed by atoms with Crippen LogP contribution in [0.2, 0.25) is 5.15 Å². The number of nitro groups is 1. The minimum absolute atomic E-state index is 0.0489. The van der Waals surface area contributed by atoms with Crippen molar-refractivity contribution >= 4 is 51.2 Å². The van der Waals surface area contributed by atoms with Crippen molar-refractivity contribution in [1.82, 2.24) is 4.98 Å². The van der Waals surface area contributed by atoms with E-state index in [2.05, 4.69) is 21.3 Å². The molecule has 0 bridgehead atoms. The van der Waals surface area contributed by atoms with Crippen molar-refractivity contribution in [3.63, 3.8) is 0 Å². The minimum Gasteiger partial charge on any atom is -0.475 e. The number of alkyl halides is 3. The molecule has 13 heteroatoms. The van der Waals surface area contributed by atoms with Crippen LogP contribution in [0.3, 0.4) is 0 Å². The Labute approximate surface area is 195 Å². The van der Waals surface area contributed by atoms with Gasteiger partial charge in [0, 0.05) is 42.0 Å². The molecule has 0 unspecified atom stereocenters. The van der Waals surface area contributed by atoms with Gasteiger partial charge in [0.05, 0.1) is 29.3 Å². The van der Waals surface area contributed by atoms with Crippen LogP contribution in [0.25, 0.3) is 10.9 Å². The number of halogens is 4. The summed E-state index contributed by atoms with van der Waals surface area (Å²) in [5.74, 6) is -2.76. The highest BCUT2D eigenvalue weighted by Crippen LogP contribution is 2.32. The van der Waals surface area contributed by atoms with E-state index in [0.717, 1.165) is 41.1 Å². The lowest BCUT2D eigenvalue weighted by atomic mass is 10.1. The summed E-state index contributed by atoms with van der Waals surface area (Å²) in [6, 6.07) is 14.1. The van der Waals surface area contributed by atoms with Crippen LogP contribution in [0.1, 0.15) is 0 Å². The highest BCUT2D eigenvalue weighted by molar-refractivity contribution is 6.30. The molecular formula is C21H18ClF3N4O5. The molecule has 3 aromatic rings. The molecule has 2 aromatic carbocycles. The zero-order chi connectivity index (χ0) is 24.9. The van der Waals surface area contributed by atoms with Crippen LogP contribution in [0, 0.1) is 10.1 Å². The molecule has 4 rings (SSSR count). The van der Waals surface area contributed by atoms with Crippen LogP contribution in [-0.2, 0) is 9.53 Å². The maximum atomic E-state index is 10.8. The quantitative estimate of drug-likeness (QED) is 0.293. The fraction of sp³-hybridized carbons (Fsp3) is 0.238. The van der Waals surface area contributed by atoms with E-state index in [9.17, 15) is 23.3 Å². The Morgan fingerprint density at radius 3 is 2.32 bits per heavy atom. The number of anilines is 3. The number of ether oxygens (including phenoxy) is 1. The first-order chi connectivity index (χ1) is 16.0. The van der Waals surface area contributed by atoms with Crippen LogP contribution in [0.5, 0.6) is 0 Å². The third-order valence-electron chi connectivity index (χ3n) is 4.74. The molecule has 1 aliphatic rings. The average Bonchev–Trinajstić information content (AvgIpc) is 2.79. The van der Waals surface area contributed by atoms with Crippen LogP contribution in [0.15, 0.2) is 48.5 Å². The largest absolute Gasteiger partial charge is 0.490 e. The van der Waals surface area contributed by atoms with Crippen molar-refractivity contribution in [1.29, 1.82) is 0 Å². The Kier molecular flexibility index (Phi) is 7.74. The van der Waals surface area contributed by atoms with E-state index in [1.54, 1.807) is 18.2 Å². The van der Waals surface area contributed by atoms with Crippen molar-refractivity contribution in [2.75, 3.05) is 36.5 Å². The second-order valence-electron chi connectivity index (χ2n) is 7.03. The van der Waals surface area contributed by atoms with Crippen molar-refractivity contribution in [2.45, 2.75) is 6.18 Å². The van der Waals surface area contributed by atoms with Crippen molar-refractivity contribution < 1.29 is 32.7 Å². The summed E-state index contributed by atoms with van der Waals surface area (Å²) in [4.78, 5) is 26.0. The van der Waals surface area contributed by atoms with Gasteiger partial charge in [0.25, 0.3) is 5.69 Å². The Balaban J connectivity index is 0.000000406. The number of hydrogen-bond donors (Lipinski definition) is 2. The molecule has 1 aromatic heterocycles. The van der Waals surface area contributed by atoms with Gasteiger partial charge >= 0.3 is 12.1 Å². The SMILES string of the molecule is O=C(O)C(F)(F)F.O=[N+]([O-])c1ccc(Nc2cc(Cl)nc3ccc(N4CCOCC4)cc23)cc1. The topological polar surface area (TPSA) is 118 Å². The first-order valence-corrected chi connectivity index (χ1v) is 10.2. The molecule has 1 saturated heterocycles. The molecule has 2 N–H and O–H groups in total. The van der Waals surface area contributed by atoms with Gasteiger partial charge in [0.1, 0.15) is 5.15 Å². The predicted molar refractivity (Wildman–Crippen MR) is 120 cm³/mol. The molecule has 0 amide bonds. The number of carboxylic acids is 1. The van der Waals surface area contributed by atoms with E-state index >= 15 is 0 Å². The lowest BCUT2D eigenvalue weighted by Crippen LogP contribution is -2.36. The molecular weight excluding hydrogens is 481 g/mol. The third kappa shape index (κ3) is 6.45. The van der Waals surface area contributed by atoms with Gasteiger partial charge in [-0.2, -0.15) is 13.2 Å². The summed E-state index contributed by atoms with van der Waals surface area (Å²) in [6.45, 7) is 3.12. The summed E-state index contributed by atoms with van der Waals surface area (Å²) < 4.78 is 37.2. The number of aromatic nitrogens is 1. The Morgan fingerprint density at radius 1 is 1.15 bits per heavy atom. The molecule has 9 nitrogen and oxygen atoms in total. The normalized spacial score (nSPS) is 13.7. The molecule has 34 heavy (non-hydrogen) atoms. The Hall–Kier alpha value is -3.64. The zero-order valence-electron chi connectivity index (χ0n) is 17.4. The predicted octanol–water partition coefficient (Wildman–Crippen LogP) is 5.01. The number of aliphatic carboxylic acids is 1. The molecule has 0 radical (unpaired) electrons. The van der Waals surface area contributed by atoms with E-state index in [1.165, 1.54) is 12.1 Å². The molecule has 2 heterocycles. The lowest BCUT2D eigenvalue weighted by Gasteiger charge is -2.29. The zero-order valence-corrected chi connectivity index (χ0v) is 18.1. The highest BCUT2D eigenvalue weighted by Gasteiger charge is 2.38. The van der Waals surface area contributed by atoms with Crippen molar-refractivity contribution in [3.05, 3.63) is 63.8 Å². The number of pyridine rings is 1. The first kappa shape index (κ1) is 25.0. The third-order valence-corrected chi connectivity index (χ3v) is 4.93. The Bertz CT molecular complexity index is 1190. The number of hydrogen-bond acceptors (Lipinski definition) is 7. The van der Waals surface area contributed by atoms with Crippen molar-refractivity contribution in [3.8, 4) is 0 Å². The molecule has 0 atom stereocenters. The maximum absolute atomic E-state index is 10.8. The molecule has 0 saturated carbocycles. The maximum Gasteiger partial charge on any atom is 0.490 e. The highest BCUT2D eigenvalue weighted by atomic mass is 35.5. The number of morpholine rings is 1. The first-order valence-electron chi connectivity index (χ1n) is 9.79. The lowest BCUT2D eigenvalue weighted by molar-refractivity contribution is -0.384. The van der Waals surface area contributed by atoms with Gasteiger partial charge in [-0.3, -0.25) is 10.1 Å². The van der Waals surface area contributed by atoms with E-state index in [0.29, 0.717) is 18.4 Å². The van der Waals surface area contributed by atoms with E-state index in [4.69, 9.17) is 26.2 Å². The number of benzene rings is 2. The standard InChI is InChI=1S/C19H17ClN4O3.C2HF3O2/c20-19-12-18(21-13-1-3-14(4-2-13)24(25)26)16-11-15(5-6-17(16)22-19)23-7-9-27-10-8-23;3-2(4,5)1(6)7/h1-6,11-12H,7-10H2,(H,21,22);(H,6,7). The van der Waals surface area contributed by atoms with Gasteiger partial charge in [-0.15, -0.1) is 0 Å². The molecule has 0 spiro atoms. The Morgan fingerprint density at radius 2 is 1.76 bits per heavy atom. The molecule has 0 aliphatic carbocycles. The smallest absolute Gasteiger partial charge is 0.475 e. The summed E-state index contributed by atoms with van der Waals surface area (Å²) in [6.07, 6.45) is -5.08. The van der Waals surface area contributed by atoms with E-state index < -0.39 is 17.1 Å². The van der Waals surface area contributed by atoms with Gasteiger partial charge in [-0.05, 0) is 36.4 Å². The van der Waals surface area contributed by atoms with Gasteiger partial charge in [0.2, 0.25) is 0 Å². The fourth-order valence-corrected chi connectivity index (χ4v) is 3.33. The fourth-order valence-electron chi connectivity index (χ4n) is 3.13. The number of nitro benzene ring substituents is 1. The van der Waals surface area contributed by atoms with Gasteiger partial charge in [-0.1, -0.05) is 11.6 Å². The number of rotatable bonds is 4. The summed E-state index contributed by atoms with van der Waals surface area (Å²) in [7, 11) is 0. The van der Waals surface area contributed by atoms with Gasteiger partial charge < -0.3 is 20.1 Å². The van der Waals surface area contributed by atoms with Gasteiger partial charge in [0.15, 0.2) is 0 Å². The summed E-state index contributed by atoms with van der Waals surface area (Å²) in [5.41, 5.74) is 3.47. The number of fused-ring (bicyclic) bond motifs is 1. The number of carboxylic acid groups (broad SMARTS) is 1. The van der Waals surface area contributed by atoms with E-state index in [-0.39, 0.29) is 5.69 Å². The van der Waals surface area contributed by atoms with Crippen molar-refractivity contribution in [2.24, 2.45) is 0 Å². The number of carbonyl (C=O) groups is 1.